The van der Waals surface area contributed by atoms with Crippen LogP contribution in [0.4, 0.5) is 0 Å². The van der Waals surface area contributed by atoms with Crippen LogP contribution in [-0.2, 0) is 14.8 Å². The van der Waals surface area contributed by atoms with Gasteiger partial charge in [0.25, 0.3) is 0 Å². The molecule has 0 saturated carbocycles. The monoisotopic (exact) mass is 315 g/mol. The van der Waals surface area contributed by atoms with Crippen LogP contribution in [-0.4, -0.2) is 46.3 Å². The highest BCUT2D eigenvalue weighted by atomic mass is 32.2. The van der Waals surface area contributed by atoms with E-state index in [2.05, 4.69) is 0 Å². The van der Waals surface area contributed by atoms with E-state index in [0.29, 0.717) is 17.9 Å². The van der Waals surface area contributed by atoms with Gasteiger partial charge in [-0.15, -0.1) is 0 Å². The molecule has 0 fully saturated rings. The van der Waals surface area contributed by atoms with Crippen LogP contribution >= 0.6 is 0 Å². The Morgan fingerprint density at radius 3 is 2.33 bits per heavy atom. The molecule has 0 N–H and O–H groups in total. The number of carbonyl (C=O) groups excluding carboxylic acids is 1. The fraction of sp³-hybridized carbons (Fsp3) is 0.500. The summed E-state index contributed by atoms with van der Waals surface area (Å²) in [6.07, 6.45) is 0.615. The van der Waals surface area contributed by atoms with E-state index >= 15 is 0 Å². The number of ether oxygens (including phenoxy) is 2. The molecule has 7 heteroatoms. The van der Waals surface area contributed by atoms with Crippen molar-refractivity contribution in [3.05, 3.63) is 18.2 Å². The van der Waals surface area contributed by atoms with E-state index in [-0.39, 0.29) is 23.6 Å². The Morgan fingerprint density at radius 1 is 1.19 bits per heavy atom. The Bertz CT molecular complexity index is 597. The Kier molecular flexibility index (Phi) is 6.17. The first-order valence-electron chi connectivity index (χ1n) is 6.56. The molecule has 118 valence electrons. The number of Topliss-reactive ketones (excluding diaryl/α,β-unsaturated/α-hetero) is 1. The molecule has 0 amide bonds. The van der Waals surface area contributed by atoms with E-state index < -0.39 is 10.0 Å². The van der Waals surface area contributed by atoms with Gasteiger partial charge in [0.05, 0.1) is 19.1 Å². The molecular weight excluding hydrogens is 294 g/mol. The molecule has 0 spiro atoms. The van der Waals surface area contributed by atoms with Gasteiger partial charge >= 0.3 is 0 Å². The van der Waals surface area contributed by atoms with Crippen molar-refractivity contribution in [2.75, 3.05) is 27.8 Å². The summed E-state index contributed by atoms with van der Waals surface area (Å²) in [4.78, 5) is 11.4. The zero-order chi connectivity index (χ0) is 16.0. The minimum absolute atomic E-state index is 0.0318. The second kappa shape index (κ2) is 7.42. The third-order valence-corrected chi connectivity index (χ3v) is 5.02. The van der Waals surface area contributed by atoms with Crippen molar-refractivity contribution in [2.45, 2.75) is 24.7 Å². The van der Waals surface area contributed by atoms with Crippen molar-refractivity contribution >= 4 is 15.8 Å². The van der Waals surface area contributed by atoms with Gasteiger partial charge in [-0.1, -0.05) is 6.92 Å². The molecule has 0 unspecified atom stereocenters. The van der Waals surface area contributed by atoms with Crippen molar-refractivity contribution in [3.8, 4) is 11.5 Å². The van der Waals surface area contributed by atoms with Crippen LogP contribution in [0.2, 0.25) is 0 Å². The van der Waals surface area contributed by atoms with Gasteiger partial charge in [0, 0.05) is 32.5 Å². The van der Waals surface area contributed by atoms with Crippen LogP contribution in [0.25, 0.3) is 0 Å². The van der Waals surface area contributed by atoms with Gasteiger partial charge in [-0.3, -0.25) is 4.79 Å². The summed E-state index contributed by atoms with van der Waals surface area (Å²) in [6, 6.07) is 4.40. The lowest BCUT2D eigenvalue weighted by Crippen LogP contribution is -2.29. The predicted octanol–water partition coefficient (Wildman–Crippen LogP) is 1.69. The van der Waals surface area contributed by atoms with Gasteiger partial charge in [-0.2, -0.15) is 0 Å². The lowest BCUT2D eigenvalue weighted by atomic mass is 10.2. The van der Waals surface area contributed by atoms with Crippen LogP contribution in [0.5, 0.6) is 11.5 Å². The number of hydrogen-bond acceptors (Lipinski definition) is 5. The van der Waals surface area contributed by atoms with Crippen molar-refractivity contribution in [1.29, 1.82) is 0 Å². The van der Waals surface area contributed by atoms with Gasteiger partial charge < -0.3 is 9.47 Å². The summed E-state index contributed by atoms with van der Waals surface area (Å²) in [5.41, 5.74) is 0. The topological polar surface area (TPSA) is 72.9 Å². The fourth-order valence-corrected chi connectivity index (χ4v) is 2.92. The molecule has 0 saturated heterocycles. The SMILES string of the molecule is CCC(=O)CCN(C)S(=O)(=O)c1ccc(OC)c(OC)c1. The Hall–Kier alpha value is -1.60. The zero-order valence-electron chi connectivity index (χ0n) is 12.8. The molecule has 0 heterocycles. The van der Waals surface area contributed by atoms with Crippen LogP contribution in [0.15, 0.2) is 23.1 Å². The predicted molar refractivity (Wildman–Crippen MR) is 79.3 cm³/mol. The van der Waals surface area contributed by atoms with Gasteiger partial charge in [0.2, 0.25) is 10.0 Å². The first-order valence-corrected chi connectivity index (χ1v) is 8.00. The van der Waals surface area contributed by atoms with Crippen LogP contribution in [0.3, 0.4) is 0 Å². The minimum atomic E-state index is -3.65. The van der Waals surface area contributed by atoms with Gasteiger partial charge in [0.15, 0.2) is 11.5 Å². The van der Waals surface area contributed by atoms with Gasteiger partial charge in [-0.05, 0) is 12.1 Å². The largest absolute Gasteiger partial charge is 0.493 e. The number of benzene rings is 1. The smallest absolute Gasteiger partial charge is 0.242 e. The number of rotatable bonds is 8. The van der Waals surface area contributed by atoms with Crippen LogP contribution in [0, 0.1) is 0 Å². The number of hydrogen-bond donors (Lipinski definition) is 0. The molecule has 0 bridgehead atoms. The molecule has 0 aliphatic rings. The molecule has 0 radical (unpaired) electrons. The number of methoxy groups -OCH3 is 2. The van der Waals surface area contributed by atoms with Gasteiger partial charge in [0.1, 0.15) is 5.78 Å². The summed E-state index contributed by atoms with van der Waals surface area (Å²) in [6.45, 7) is 1.91. The Morgan fingerprint density at radius 2 is 1.81 bits per heavy atom. The molecule has 0 aliphatic heterocycles. The summed E-state index contributed by atoms with van der Waals surface area (Å²) < 4.78 is 36.2. The maximum absolute atomic E-state index is 12.4. The van der Waals surface area contributed by atoms with Crippen LogP contribution < -0.4 is 9.47 Å². The maximum Gasteiger partial charge on any atom is 0.242 e. The highest BCUT2D eigenvalue weighted by Crippen LogP contribution is 2.30. The number of ketones is 1. The van der Waals surface area contributed by atoms with E-state index in [1.54, 1.807) is 6.92 Å². The molecule has 6 nitrogen and oxygen atoms in total. The molecule has 0 atom stereocenters. The highest BCUT2D eigenvalue weighted by molar-refractivity contribution is 7.89. The second-order valence-electron chi connectivity index (χ2n) is 4.49. The molecular formula is C14H21NO5S. The van der Waals surface area contributed by atoms with Crippen LogP contribution in [0.1, 0.15) is 19.8 Å². The van der Waals surface area contributed by atoms with E-state index in [9.17, 15) is 13.2 Å². The average molecular weight is 315 g/mol. The normalized spacial score (nSPS) is 11.5. The van der Waals surface area contributed by atoms with Crippen molar-refractivity contribution < 1.29 is 22.7 Å². The fourth-order valence-electron chi connectivity index (χ4n) is 1.74. The van der Waals surface area contributed by atoms with E-state index in [1.807, 2.05) is 0 Å². The quantitative estimate of drug-likeness (QED) is 0.730. The first-order chi connectivity index (χ1) is 9.86. The number of sulfonamides is 1. The summed E-state index contributed by atoms with van der Waals surface area (Å²) >= 11 is 0. The average Bonchev–Trinajstić information content (AvgIpc) is 2.50. The third kappa shape index (κ3) is 4.18. The second-order valence-corrected chi connectivity index (χ2v) is 6.53. The Labute approximate surface area is 125 Å². The molecule has 0 aromatic heterocycles. The summed E-state index contributed by atoms with van der Waals surface area (Å²) in [5.74, 6) is 0.834. The number of carbonyl (C=O) groups is 1. The lowest BCUT2D eigenvalue weighted by Gasteiger charge is -2.17. The van der Waals surface area contributed by atoms with Crippen molar-refractivity contribution in [2.24, 2.45) is 0 Å². The molecule has 0 aliphatic carbocycles. The van der Waals surface area contributed by atoms with E-state index in [0.717, 1.165) is 0 Å². The maximum atomic E-state index is 12.4. The van der Waals surface area contributed by atoms with Gasteiger partial charge in [-0.25, -0.2) is 12.7 Å². The van der Waals surface area contributed by atoms with Crippen molar-refractivity contribution in [1.82, 2.24) is 4.31 Å². The highest BCUT2D eigenvalue weighted by Gasteiger charge is 2.22. The molecule has 1 aromatic rings. The first kappa shape index (κ1) is 17.5. The molecule has 1 aromatic carbocycles. The summed E-state index contributed by atoms with van der Waals surface area (Å²) in [7, 11) is 0.721. The van der Waals surface area contributed by atoms with E-state index in [1.165, 1.54) is 43.8 Å². The lowest BCUT2D eigenvalue weighted by molar-refractivity contribution is -0.118. The van der Waals surface area contributed by atoms with Crippen molar-refractivity contribution in [3.63, 3.8) is 0 Å². The minimum Gasteiger partial charge on any atom is -0.493 e. The Balaban J connectivity index is 2.99. The molecule has 1 rings (SSSR count). The van der Waals surface area contributed by atoms with E-state index in [4.69, 9.17) is 9.47 Å². The standard InChI is InChI=1S/C14H21NO5S/c1-5-11(16)8-9-15(2)21(17,18)12-6-7-13(19-3)14(10-12)20-4/h6-7,10H,5,8-9H2,1-4H3. The molecule has 21 heavy (non-hydrogen) atoms. The summed E-state index contributed by atoms with van der Waals surface area (Å²) in [5, 5.41) is 0. The third-order valence-electron chi connectivity index (χ3n) is 3.16. The zero-order valence-corrected chi connectivity index (χ0v) is 13.6. The number of nitrogens with zero attached hydrogens (tertiary/aromatic N) is 1.